The Morgan fingerprint density at radius 3 is 2.27 bits per heavy atom. The van der Waals surface area contributed by atoms with Gasteiger partial charge in [0, 0.05) is 16.5 Å². The fourth-order valence-electron chi connectivity index (χ4n) is 3.44. The van der Waals surface area contributed by atoms with Crippen molar-refractivity contribution in [2.45, 2.75) is 0 Å². The molecule has 5 aromatic rings. The third kappa shape index (κ3) is 3.86. The van der Waals surface area contributed by atoms with Crippen molar-refractivity contribution in [2.24, 2.45) is 5.10 Å². The predicted molar refractivity (Wildman–Crippen MR) is 128 cm³/mol. The second-order valence-electron chi connectivity index (χ2n) is 6.92. The summed E-state index contributed by atoms with van der Waals surface area (Å²) in [5, 5.41) is 9.61. The molecule has 0 unspecified atom stereocenters. The molecule has 30 heavy (non-hydrogen) atoms. The zero-order valence-electron chi connectivity index (χ0n) is 16.2. The van der Waals surface area contributed by atoms with Crippen LogP contribution in [0, 0.1) is 0 Å². The summed E-state index contributed by atoms with van der Waals surface area (Å²) in [5.74, 6) is 0. The van der Waals surface area contributed by atoms with E-state index in [-0.39, 0.29) is 0 Å². The maximum absolute atomic E-state index is 4.67. The summed E-state index contributed by atoms with van der Waals surface area (Å²) >= 11 is 1.55. The van der Waals surface area contributed by atoms with Gasteiger partial charge in [-0.2, -0.15) is 5.10 Å². The van der Waals surface area contributed by atoms with Gasteiger partial charge in [0.05, 0.1) is 11.9 Å². The molecule has 0 amide bonds. The lowest BCUT2D eigenvalue weighted by atomic mass is 10.0. The number of hydrazone groups is 1. The molecular weight excluding hydrogens is 386 g/mol. The van der Waals surface area contributed by atoms with Crippen molar-refractivity contribution in [1.29, 1.82) is 0 Å². The Morgan fingerprint density at radius 2 is 1.40 bits per heavy atom. The van der Waals surface area contributed by atoms with Crippen LogP contribution in [0.25, 0.3) is 33.2 Å². The monoisotopic (exact) mass is 405 g/mol. The van der Waals surface area contributed by atoms with Gasteiger partial charge in [-0.1, -0.05) is 97.1 Å². The van der Waals surface area contributed by atoms with Gasteiger partial charge in [-0.05, 0) is 21.9 Å². The third-order valence-electron chi connectivity index (χ3n) is 4.98. The minimum atomic E-state index is 0.772. The first-order valence-corrected chi connectivity index (χ1v) is 10.6. The Bertz CT molecular complexity index is 1300. The highest BCUT2D eigenvalue weighted by atomic mass is 32.1. The molecule has 0 bridgehead atoms. The molecule has 0 fully saturated rings. The Hall–Kier alpha value is -3.76. The number of nitrogens with one attached hydrogen (secondary N) is 1. The van der Waals surface area contributed by atoms with Crippen LogP contribution in [0.4, 0.5) is 5.13 Å². The first-order valence-electron chi connectivity index (χ1n) is 9.75. The molecule has 3 nitrogen and oxygen atoms in total. The van der Waals surface area contributed by atoms with E-state index < -0.39 is 0 Å². The van der Waals surface area contributed by atoms with Crippen LogP contribution in [0.1, 0.15) is 5.56 Å². The number of thiazole rings is 1. The van der Waals surface area contributed by atoms with Gasteiger partial charge < -0.3 is 0 Å². The van der Waals surface area contributed by atoms with Gasteiger partial charge >= 0.3 is 0 Å². The summed E-state index contributed by atoms with van der Waals surface area (Å²) < 4.78 is 0. The van der Waals surface area contributed by atoms with Gasteiger partial charge in [-0.3, -0.25) is 5.43 Å². The molecule has 5 rings (SSSR count). The largest absolute Gasteiger partial charge is 0.253 e. The minimum Gasteiger partial charge on any atom is -0.253 e. The molecule has 0 saturated carbocycles. The van der Waals surface area contributed by atoms with E-state index in [1.807, 2.05) is 35.9 Å². The summed E-state index contributed by atoms with van der Waals surface area (Å²) in [6.45, 7) is 0. The van der Waals surface area contributed by atoms with Gasteiger partial charge in [-0.15, -0.1) is 11.3 Å². The van der Waals surface area contributed by atoms with Gasteiger partial charge in [0.25, 0.3) is 0 Å². The first-order chi connectivity index (χ1) is 14.9. The Kier molecular flexibility index (Phi) is 5.06. The Balaban J connectivity index is 1.30. The number of aromatic nitrogens is 1. The fourth-order valence-corrected chi connectivity index (χ4v) is 4.11. The number of hydrogen-bond donors (Lipinski definition) is 1. The van der Waals surface area contributed by atoms with E-state index in [0.29, 0.717) is 0 Å². The zero-order chi connectivity index (χ0) is 20.2. The van der Waals surface area contributed by atoms with E-state index in [1.54, 1.807) is 11.3 Å². The summed E-state index contributed by atoms with van der Waals surface area (Å²) in [4.78, 5) is 4.67. The summed E-state index contributed by atoms with van der Waals surface area (Å²) in [5.41, 5.74) is 8.60. The molecule has 0 saturated heterocycles. The van der Waals surface area contributed by atoms with Crippen molar-refractivity contribution in [3.63, 3.8) is 0 Å². The van der Waals surface area contributed by atoms with Crippen LogP contribution in [0.2, 0.25) is 0 Å². The average molecular weight is 406 g/mol. The lowest BCUT2D eigenvalue weighted by Crippen LogP contribution is -1.91. The lowest BCUT2D eigenvalue weighted by Gasteiger charge is -2.03. The van der Waals surface area contributed by atoms with E-state index in [2.05, 4.69) is 88.3 Å². The van der Waals surface area contributed by atoms with Crippen LogP contribution >= 0.6 is 11.3 Å². The minimum absolute atomic E-state index is 0.772. The molecule has 0 spiro atoms. The normalized spacial score (nSPS) is 11.2. The molecular formula is C26H19N3S. The molecule has 4 aromatic carbocycles. The van der Waals surface area contributed by atoms with Crippen molar-refractivity contribution < 1.29 is 0 Å². The first kappa shape index (κ1) is 18.3. The second-order valence-corrected chi connectivity index (χ2v) is 7.78. The third-order valence-corrected chi connectivity index (χ3v) is 5.73. The van der Waals surface area contributed by atoms with E-state index in [1.165, 1.54) is 21.9 Å². The van der Waals surface area contributed by atoms with Crippen LogP contribution in [-0.4, -0.2) is 11.2 Å². The smallest absolute Gasteiger partial charge is 0.203 e. The number of anilines is 1. The SMILES string of the molecule is C(=N\Nc1nc(-c2ccc(-c3ccccc3)cc2)cs1)/c1cccc2ccccc12. The van der Waals surface area contributed by atoms with Crippen LogP contribution in [0.3, 0.4) is 0 Å². The van der Waals surface area contributed by atoms with Crippen LogP contribution in [0.5, 0.6) is 0 Å². The fraction of sp³-hybridized carbons (Fsp3) is 0. The molecule has 0 atom stereocenters. The van der Waals surface area contributed by atoms with Crippen molar-refractivity contribution in [3.05, 3.63) is 108 Å². The highest BCUT2D eigenvalue weighted by Crippen LogP contribution is 2.27. The van der Waals surface area contributed by atoms with E-state index in [0.717, 1.165) is 22.0 Å². The van der Waals surface area contributed by atoms with E-state index >= 15 is 0 Å². The van der Waals surface area contributed by atoms with Crippen LogP contribution < -0.4 is 5.43 Å². The van der Waals surface area contributed by atoms with Gasteiger partial charge in [0.1, 0.15) is 0 Å². The van der Waals surface area contributed by atoms with Gasteiger partial charge in [0.15, 0.2) is 0 Å². The molecule has 144 valence electrons. The zero-order valence-corrected chi connectivity index (χ0v) is 17.0. The van der Waals surface area contributed by atoms with Crippen molar-refractivity contribution in [3.8, 4) is 22.4 Å². The van der Waals surface area contributed by atoms with E-state index in [4.69, 9.17) is 0 Å². The number of hydrogen-bond acceptors (Lipinski definition) is 4. The molecule has 0 aliphatic carbocycles. The van der Waals surface area contributed by atoms with Gasteiger partial charge in [-0.25, -0.2) is 4.98 Å². The molecule has 0 aliphatic rings. The topological polar surface area (TPSA) is 37.3 Å². The molecule has 1 heterocycles. The highest BCUT2D eigenvalue weighted by Gasteiger charge is 2.05. The van der Waals surface area contributed by atoms with Crippen molar-refractivity contribution in [2.75, 3.05) is 5.43 Å². The van der Waals surface area contributed by atoms with Crippen molar-refractivity contribution >= 4 is 33.5 Å². The quantitative estimate of drug-likeness (QED) is 0.251. The maximum atomic E-state index is 4.67. The number of nitrogens with zero attached hydrogens (tertiary/aromatic N) is 2. The molecule has 1 N–H and O–H groups in total. The lowest BCUT2D eigenvalue weighted by molar-refractivity contribution is 1.29. The Morgan fingerprint density at radius 1 is 0.700 bits per heavy atom. The highest BCUT2D eigenvalue weighted by molar-refractivity contribution is 7.14. The maximum Gasteiger partial charge on any atom is 0.203 e. The summed E-state index contributed by atoms with van der Waals surface area (Å²) in [7, 11) is 0. The van der Waals surface area contributed by atoms with Crippen molar-refractivity contribution in [1.82, 2.24) is 4.98 Å². The summed E-state index contributed by atoms with van der Waals surface area (Å²) in [6.07, 6.45) is 1.85. The number of rotatable bonds is 5. The number of benzene rings is 4. The standard InChI is InChI=1S/C26H19N3S/c1-2-7-19(8-3-1)20-13-15-22(16-14-20)25-18-30-26(28-25)29-27-17-23-11-6-10-21-9-4-5-12-24(21)23/h1-18H,(H,28,29)/b27-17+. The predicted octanol–water partition coefficient (Wildman–Crippen LogP) is 7.08. The number of fused-ring (bicyclic) bond motifs is 1. The summed E-state index contributed by atoms with van der Waals surface area (Å²) in [6, 6.07) is 33.4. The van der Waals surface area contributed by atoms with Crippen LogP contribution in [-0.2, 0) is 0 Å². The Labute approximate surface area is 179 Å². The molecule has 1 aromatic heterocycles. The second kappa shape index (κ2) is 8.31. The molecule has 4 heteroatoms. The molecule has 0 aliphatic heterocycles. The average Bonchev–Trinajstić information content (AvgIpc) is 3.29. The van der Waals surface area contributed by atoms with Crippen LogP contribution in [0.15, 0.2) is 108 Å². The van der Waals surface area contributed by atoms with Gasteiger partial charge in [0.2, 0.25) is 5.13 Å². The molecule has 0 radical (unpaired) electrons. The van der Waals surface area contributed by atoms with E-state index in [9.17, 15) is 0 Å².